The van der Waals surface area contributed by atoms with E-state index >= 15 is 0 Å². The molecule has 1 saturated heterocycles. The first-order valence-electron chi connectivity index (χ1n) is 8.99. The zero-order chi connectivity index (χ0) is 20.4. The molecular weight excluding hydrogens is 384 g/mol. The van der Waals surface area contributed by atoms with Gasteiger partial charge in [0.15, 0.2) is 5.69 Å². The van der Waals surface area contributed by atoms with Crippen LogP contribution in [0.5, 0.6) is 5.88 Å². The summed E-state index contributed by atoms with van der Waals surface area (Å²) in [5.41, 5.74) is 1.53. The Hall–Kier alpha value is -2.61. The number of methoxy groups -OCH3 is 2. The predicted molar refractivity (Wildman–Crippen MR) is 103 cm³/mol. The molecule has 150 valence electrons. The summed E-state index contributed by atoms with van der Waals surface area (Å²) in [5, 5.41) is 7.44. The van der Waals surface area contributed by atoms with Gasteiger partial charge < -0.3 is 14.4 Å². The molecule has 8 nitrogen and oxygen atoms in total. The van der Waals surface area contributed by atoms with Gasteiger partial charge in [0.05, 0.1) is 37.1 Å². The van der Waals surface area contributed by atoms with Gasteiger partial charge in [-0.05, 0) is 25.3 Å². The van der Waals surface area contributed by atoms with E-state index in [0.29, 0.717) is 35.1 Å². The Bertz CT molecular complexity index is 885. The molecule has 1 N–H and O–H groups in total. The first-order chi connectivity index (χ1) is 13.3. The van der Waals surface area contributed by atoms with Gasteiger partial charge in [-0.1, -0.05) is 18.5 Å². The van der Waals surface area contributed by atoms with Crippen molar-refractivity contribution in [3.05, 3.63) is 29.0 Å². The molecule has 2 aromatic rings. The average Bonchev–Trinajstić information content (AvgIpc) is 3.18. The second-order valence-electron chi connectivity index (χ2n) is 7.02. The van der Waals surface area contributed by atoms with Crippen LogP contribution in [0.1, 0.15) is 30.8 Å². The van der Waals surface area contributed by atoms with Crippen LogP contribution in [0.3, 0.4) is 0 Å². The van der Waals surface area contributed by atoms with E-state index in [-0.39, 0.29) is 35.4 Å². The number of aromatic nitrogens is 3. The topological polar surface area (TPSA) is 97.4 Å². The van der Waals surface area contributed by atoms with Crippen molar-refractivity contribution in [3.8, 4) is 17.1 Å². The summed E-state index contributed by atoms with van der Waals surface area (Å²) < 4.78 is 10.0. The van der Waals surface area contributed by atoms with E-state index in [1.165, 1.54) is 20.4 Å². The monoisotopic (exact) mass is 406 g/mol. The number of aromatic amines is 1. The van der Waals surface area contributed by atoms with Crippen LogP contribution < -0.4 is 4.74 Å². The van der Waals surface area contributed by atoms with Crippen molar-refractivity contribution in [3.63, 3.8) is 0 Å². The maximum Gasteiger partial charge on any atom is 0.309 e. The lowest BCUT2D eigenvalue weighted by molar-refractivity contribution is -0.149. The third-order valence-corrected chi connectivity index (χ3v) is 5.49. The Labute approximate surface area is 168 Å². The quantitative estimate of drug-likeness (QED) is 0.784. The summed E-state index contributed by atoms with van der Waals surface area (Å²) in [6.45, 7) is 4.34. The van der Waals surface area contributed by atoms with Gasteiger partial charge in [-0.3, -0.25) is 14.7 Å². The molecule has 0 bridgehead atoms. The van der Waals surface area contributed by atoms with E-state index in [1.807, 2.05) is 13.8 Å². The molecule has 1 amide bonds. The van der Waals surface area contributed by atoms with Gasteiger partial charge in [-0.2, -0.15) is 5.10 Å². The fraction of sp³-hybridized carbons (Fsp3) is 0.474. The molecule has 28 heavy (non-hydrogen) atoms. The number of likely N-dealkylation sites (tertiary alicyclic amines) is 1. The van der Waals surface area contributed by atoms with Crippen molar-refractivity contribution < 1.29 is 19.1 Å². The lowest BCUT2D eigenvalue weighted by Gasteiger charge is -2.40. The van der Waals surface area contributed by atoms with Gasteiger partial charge in [0.25, 0.3) is 5.91 Å². The first kappa shape index (κ1) is 20.1. The number of amides is 1. The van der Waals surface area contributed by atoms with Gasteiger partial charge in [0.1, 0.15) is 0 Å². The lowest BCUT2D eigenvalue weighted by atomic mass is 9.83. The third kappa shape index (κ3) is 3.82. The first-order valence-corrected chi connectivity index (χ1v) is 9.37. The van der Waals surface area contributed by atoms with Crippen LogP contribution in [0, 0.1) is 11.8 Å². The number of carbonyl (C=O) groups is 2. The molecule has 3 rings (SSSR count). The standard InChI is InChI=1S/C19H23ClN4O4/c1-10-9-24(11(2)5-12(10)19(26)28-4)18(25)16-7-15(22-23-16)13-6-17(27-3)21-8-14(13)20/h6-8,10-12H,5,9H2,1-4H3,(H,22,23). The molecule has 1 aliphatic rings. The Morgan fingerprint density at radius 1 is 1.29 bits per heavy atom. The number of ether oxygens (including phenoxy) is 2. The minimum Gasteiger partial charge on any atom is -0.481 e. The van der Waals surface area contributed by atoms with Gasteiger partial charge in [-0.25, -0.2) is 4.98 Å². The number of hydrogen-bond donors (Lipinski definition) is 1. The average molecular weight is 407 g/mol. The van der Waals surface area contributed by atoms with E-state index in [4.69, 9.17) is 21.1 Å². The van der Waals surface area contributed by atoms with E-state index in [2.05, 4.69) is 15.2 Å². The Morgan fingerprint density at radius 3 is 2.71 bits per heavy atom. The van der Waals surface area contributed by atoms with Crippen LogP contribution in [0.4, 0.5) is 0 Å². The summed E-state index contributed by atoms with van der Waals surface area (Å²) in [4.78, 5) is 30.7. The van der Waals surface area contributed by atoms with Crippen molar-refractivity contribution in [1.29, 1.82) is 0 Å². The Morgan fingerprint density at radius 2 is 2.04 bits per heavy atom. The van der Waals surface area contributed by atoms with Crippen LogP contribution >= 0.6 is 11.6 Å². The Kier molecular flexibility index (Phi) is 5.88. The normalized spacial score (nSPS) is 22.0. The van der Waals surface area contributed by atoms with E-state index in [0.717, 1.165) is 0 Å². The lowest BCUT2D eigenvalue weighted by Crippen LogP contribution is -2.50. The maximum atomic E-state index is 13.0. The molecular formula is C19H23ClN4O4. The number of carbonyl (C=O) groups excluding carboxylic acids is 2. The molecule has 0 radical (unpaired) electrons. The van der Waals surface area contributed by atoms with E-state index in [1.54, 1.807) is 17.0 Å². The number of nitrogens with one attached hydrogen (secondary N) is 1. The number of nitrogens with zero attached hydrogens (tertiary/aromatic N) is 3. The van der Waals surface area contributed by atoms with Crippen LogP contribution in [0.25, 0.3) is 11.3 Å². The maximum absolute atomic E-state index is 13.0. The fourth-order valence-corrected chi connectivity index (χ4v) is 3.77. The zero-order valence-electron chi connectivity index (χ0n) is 16.2. The summed E-state index contributed by atoms with van der Waals surface area (Å²) >= 11 is 6.22. The summed E-state index contributed by atoms with van der Waals surface area (Å²) in [6, 6.07) is 3.24. The van der Waals surface area contributed by atoms with Gasteiger partial charge in [-0.15, -0.1) is 0 Å². The highest BCUT2D eigenvalue weighted by molar-refractivity contribution is 6.33. The molecule has 1 aliphatic heterocycles. The molecule has 3 heterocycles. The molecule has 0 spiro atoms. The highest BCUT2D eigenvalue weighted by Gasteiger charge is 2.38. The summed E-state index contributed by atoms with van der Waals surface area (Å²) in [6.07, 6.45) is 2.05. The van der Waals surface area contributed by atoms with Crippen molar-refractivity contribution >= 4 is 23.5 Å². The van der Waals surface area contributed by atoms with Gasteiger partial charge in [0, 0.05) is 24.2 Å². The van der Waals surface area contributed by atoms with Crippen LogP contribution in [0.15, 0.2) is 18.3 Å². The predicted octanol–water partition coefficient (Wildman–Crippen LogP) is 2.79. The van der Waals surface area contributed by atoms with Crippen molar-refractivity contribution in [2.45, 2.75) is 26.3 Å². The smallest absolute Gasteiger partial charge is 0.309 e. The molecule has 3 unspecified atom stereocenters. The summed E-state index contributed by atoms with van der Waals surface area (Å²) in [5.74, 6) is -0.210. The SMILES string of the molecule is COC(=O)C1CC(C)N(C(=O)c2cc(-c3cc(OC)ncc3Cl)[nH]n2)CC1C. The molecule has 0 aliphatic carbocycles. The number of halogens is 1. The molecule has 9 heteroatoms. The van der Waals surface area contributed by atoms with Crippen LogP contribution in [0.2, 0.25) is 5.02 Å². The van der Waals surface area contributed by atoms with Gasteiger partial charge in [0.2, 0.25) is 5.88 Å². The minimum absolute atomic E-state index is 0.00455. The van der Waals surface area contributed by atoms with E-state index in [9.17, 15) is 9.59 Å². The minimum atomic E-state index is -0.227. The van der Waals surface area contributed by atoms with Crippen molar-refractivity contribution in [2.75, 3.05) is 20.8 Å². The summed E-state index contributed by atoms with van der Waals surface area (Å²) in [7, 11) is 2.91. The zero-order valence-corrected chi connectivity index (χ0v) is 17.0. The third-order valence-electron chi connectivity index (χ3n) is 5.19. The second-order valence-corrected chi connectivity index (χ2v) is 7.43. The van der Waals surface area contributed by atoms with Crippen molar-refractivity contribution in [2.24, 2.45) is 11.8 Å². The number of pyridine rings is 1. The number of esters is 1. The molecule has 0 aromatic carbocycles. The number of hydrogen-bond acceptors (Lipinski definition) is 6. The van der Waals surface area contributed by atoms with Crippen molar-refractivity contribution in [1.82, 2.24) is 20.1 Å². The fourth-order valence-electron chi connectivity index (χ4n) is 3.56. The number of rotatable bonds is 4. The number of piperidine rings is 1. The molecule has 0 saturated carbocycles. The second kappa shape index (κ2) is 8.18. The largest absolute Gasteiger partial charge is 0.481 e. The highest BCUT2D eigenvalue weighted by atomic mass is 35.5. The van der Waals surface area contributed by atoms with Crippen LogP contribution in [-0.4, -0.2) is 58.8 Å². The highest BCUT2D eigenvalue weighted by Crippen LogP contribution is 2.31. The number of H-pyrrole nitrogens is 1. The Balaban J connectivity index is 1.80. The molecule has 2 aromatic heterocycles. The van der Waals surface area contributed by atoms with Gasteiger partial charge >= 0.3 is 5.97 Å². The van der Waals surface area contributed by atoms with Crippen LogP contribution in [-0.2, 0) is 9.53 Å². The molecule has 1 fully saturated rings. The molecule has 3 atom stereocenters. The van der Waals surface area contributed by atoms with E-state index < -0.39 is 0 Å².